The SMILES string of the molecule is C=CC(=O)Nc1cccc(-c2c(F)ccc3cnc(Nc4cccnc4C4CNCCO4)nc23)c1. The first-order valence-corrected chi connectivity index (χ1v) is 11.2. The summed E-state index contributed by atoms with van der Waals surface area (Å²) in [4.78, 5) is 25.3. The predicted octanol–water partition coefficient (Wildman–Crippen LogP) is 4.36. The monoisotopic (exact) mass is 470 g/mol. The topological polar surface area (TPSA) is 101 Å². The van der Waals surface area contributed by atoms with Crippen LogP contribution in [0.5, 0.6) is 0 Å². The number of morpholine rings is 1. The first kappa shape index (κ1) is 22.6. The number of nitrogens with one attached hydrogen (secondary N) is 3. The lowest BCUT2D eigenvalue weighted by atomic mass is 10.0. The van der Waals surface area contributed by atoms with Gasteiger partial charge in [-0.15, -0.1) is 0 Å². The lowest BCUT2D eigenvalue weighted by Gasteiger charge is -2.24. The summed E-state index contributed by atoms with van der Waals surface area (Å²) in [6.07, 6.45) is 4.34. The minimum absolute atomic E-state index is 0.200. The molecular formula is C26H23FN6O2. The van der Waals surface area contributed by atoms with E-state index in [9.17, 15) is 4.79 Å². The number of amides is 1. The van der Waals surface area contributed by atoms with Crippen LogP contribution in [0, 0.1) is 5.82 Å². The largest absolute Gasteiger partial charge is 0.369 e. The highest BCUT2D eigenvalue weighted by atomic mass is 19.1. The Kier molecular flexibility index (Phi) is 6.42. The van der Waals surface area contributed by atoms with Gasteiger partial charge in [-0.05, 0) is 48.0 Å². The van der Waals surface area contributed by atoms with E-state index in [1.54, 1.807) is 42.7 Å². The maximum absolute atomic E-state index is 15.1. The second kappa shape index (κ2) is 9.96. The van der Waals surface area contributed by atoms with E-state index in [1.165, 1.54) is 12.1 Å². The summed E-state index contributed by atoms with van der Waals surface area (Å²) >= 11 is 0. The highest BCUT2D eigenvalue weighted by Gasteiger charge is 2.21. The number of rotatable bonds is 6. The Morgan fingerprint density at radius 2 is 2.11 bits per heavy atom. The van der Waals surface area contributed by atoms with E-state index < -0.39 is 5.82 Å². The molecule has 0 bridgehead atoms. The molecule has 1 fully saturated rings. The number of hydrogen-bond donors (Lipinski definition) is 3. The average molecular weight is 471 g/mol. The molecule has 3 heterocycles. The summed E-state index contributed by atoms with van der Waals surface area (Å²) in [5, 5.41) is 9.91. The van der Waals surface area contributed by atoms with Gasteiger partial charge >= 0.3 is 0 Å². The number of aromatic nitrogens is 3. The summed E-state index contributed by atoms with van der Waals surface area (Å²) < 4.78 is 21.0. The summed E-state index contributed by atoms with van der Waals surface area (Å²) in [7, 11) is 0. The number of pyridine rings is 1. The fourth-order valence-electron chi connectivity index (χ4n) is 3.99. The second-order valence-corrected chi connectivity index (χ2v) is 7.95. The van der Waals surface area contributed by atoms with Crippen molar-refractivity contribution >= 4 is 34.1 Å². The Labute approximate surface area is 201 Å². The predicted molar refractivity (Wildman–Crippen MR) is 133 cm³/mol. The van der Waals surface area contributed by atoms with Crippen LogP contribution >= 0.6 is 0 Å². The van der Waals surface area contributed by atoms with Crippen LogP contribution in [0.25, 0.3) is 22.0 Å². The van der Waals surface area contributed by atoms with Crippen molar-refractivity contribution in [3.8, 4) is 11.1 Å². The Bertz CT molecular complexity index is 1400. The zero-order valence-electron chi connectivity index (χ0n) is 18.8. The van der Waals surface area contributed by atoms with Crippen molar-refractivity contribution in [3.63, 3.8) is 0 Å². The Morgan fingerprint density at radius 1 is 1.20 bits per heavy atom. The number of nitrogens with zero attached hydrogens (tertiary/aromatic N) is 3. The van der Waals surface area contributed by atoms with Gasteiger partial charge in [-0.2, -0.15) is 0 Å². The van der Waals surface area contributed by atoms with Crippen LogP contribution in [-0.4, -0.2) is 40.6 Å². The van der Waals surface area contributed by atoms with Gasteiger partial charge in [0.05, 0.1) is 23.5 Å². The van der Waals surface area contributed by atoms with E-state index in [-0.39, 0.29) is 12.0 Å². The summed E-state index contributed by atoms with van der Waals surface area (Å²) in [6.45, 7) is 5.51. The molecule has 3 N–H and O–H groups in total. The highest BCUT2D eigenvalue weighted by Crippen LogP contribution is 2.33. The number of halogens is 1. The number of hydrogen-bond acceptors (Lipinski definition) is 7. The fraction of sp³-hybridized carbons (Fsp3) is 0.154. The lowest BCUT2D eigenvalue weighted by Crippen LogP contribution is -2.34. The number of ether oxygens (including phenoxy) is 1. The van der Waals surface area contributed by atoms with Gasteiger partial charge in [0.1, 0.15) is 11.9 Å². The number of carbonyl (C=O) groups excluding carboxylic acids is 1. The second-order valence-electron chi connectivity index (χ2n) is 7.95. The molecule has 1 aliphatic heterocycles. The Hall–Kier alpha value is -4.21. The maximum atomic E-state index is 15.1. The molecule has 176 valence electrons. The van der Waals surface area contributed by atoms with Gasteiger partial charge in [0.15, 0.2) is 0 Å². The van der Waals surface area contributed by atoms with Gasteiger partial charge in [-0.1, -0.05) is 18.7 Å². The molecule has 1 saturated heterocycles. The fourth-order valence-corrected chi connectivity index (χ4v) is 3.99. The minimum atomic E-state index is -0.432. The van der Waals surface area contributed by atoms with E-state index in [1.807, 2.05) is 12.1 Å². The molecule has 9 heteroatoms. The molecule has 1 unspecified atom stereocenters. The van der Waals surface area contributed by atoms with Crippen LogP contribution in [0.1, 0.15) is 11.8 Å². The maximum Gasteiger partial charge on any atom is 0.247 e. The van der Waals surface area contributed by atoms with Gasteiger partial charge in [0.25, 0.3) is 0 Å². The molecule has 1 aliphatic rings. The van der Waals surface area contributed by atoms with Gasteiger partial charge < -0.3 is 20.7 Å². The van der Waals surface area contributed by atoms with Crippen LogP contribution in [0.4, 0.5) is 21.7 Å². The summed E-state index contributed by atoms with van der Waals surface area (Å²) in [5.41, 5.74) is 3.31. The first-order valence-electron chi connectivity index (χ1n) is 11.2. The van der Waals surface area contributed by atoms with E-state index in [0.29, 0.717) is 52.5 Å². The van der Waals surface area contributed by atoms with Crippen LogP contribution in [0.15, 0.2) is 73.6 Å². The van der Waals surface area contributed by atoms with Crippen LogP contribution in [0.3, 0.4) is 0 Å². The molecule has 1 amide bonds. The van der Waals surface area contributed by atoms with E-state index in [4.69, 9.17) is 4.74 Å². The van der Waals surface area contributed by atoms with Crippen molar-refractivity contribution in [1.82, 2.24) is 20.3 Å². The molecule has 1 atom stereocenters. The molecule has 0 aliphatic carbocycles. The normalized spacial score (nSPS) is 15.5. The van der Waals surface area contributed by atoms with E-state index >= 15 is 4.39 Å². The molecular weight excluding hydrogens is 447 g/mol. The Morgan fingerprint density at radius 3 is 2.94 bits per heavy atom. The number of benzene rings is 2. The van der Waals surface area contributed by atoms with Gasteiger partial charge in [0, 0.05) is 42.1 Å². The molecule has 2 aromatic carbocycles. The molecule has 0 radical (unpaired) electrons. The van der Waals surface area contributed by atoms with E-state index in [2.05, 4.69) is 37.5 Å². The van der Waals surface area contributed by atoms with Crippen LogP contribution in [0.2, 0.25) is 0 Å². The van der Waals surface area contributed by atoms with Gasteiger partial charge in [-0.3, -0.25) is 9.78 Å². The van der Waals surface area contributed by atoms with Crippen molar-refractivity contribution in [3.05, 3.63) is 85.1 Å². The molecule has 4 aromatic rings. The molecule has 2 aromatic heterocycles. The molecule has 8 nitrogen and oxygen atoms in total. The molecule has 0 saturated carbocycles. The standard InChI is InChI=1S/C26H23FN6O2/c1-2-22(34)31-18-6-3-5-16(13-18)23-19(27)9-8-17-14-30-26(33-24(17)23)32-20-7-4-10-29-25(20)21-15-28-11-12-35-21/h2-10,13-14,21,28H,1,11-12,15H2,(H,31,34)(H,30,32,33). The summed E-state index contributed by atoms with van der Waals surface area (Å²) in [6, 6.07) is 13.6. The highest BCUT2D eigenvalue weighted by molar-refractivity contribution is 6.00. The van der Waals surface area contributed by atoms with Crippen molar-refractivity contribution < 1.29 is 13.9 Å². The quantitative estimate of drug-likeness (QED) is 0.360. The van der Waals surface area contributed by atoms with Crippen LogP contribution in [-0.2, 0) is 9.53 Å². The number of anilines is 3. The van der Waals surface area contributed by atoms with Crippen LogP contribution < -0.4 is 16.0 Å². The number of fused-ring (bicyclic) bond motifs is 1. The van der Waals surface area contributed by atoms with Gasteiger partial charge in [0.2, 0.25) is 11.9 Å². The molecule has 0 spiro atoms. The first-order chi connectivity index (χ1) is 17.1. The molecule has 5 rings (SSSR count). The summed E-state index contributed by atoms with van der Waals surface area (Å²) in [5.74, 6) is -0.477. The molecule has 35 heavy (non-hydrogen) atoms. The number of carbonyl (C=O) groups is 1. The minimum Gasteiger partial charge on any atom is -0.369 e. The van der Waals surface area contributed by atoms with Crippen molar-refractivity contribution in [2.75, 3.05) is 30.3 Å². The Balaban J connectivity index is 1.53. The zero-order valence-corrected chi connectivity index (χ0v) is 18.8. The van der Waals surface area contributed by atoms with Crippen molar-refractivity contribution in [2.45, 2.75) is 6.10 Å². The zero-order chi connectivity index (χ0) is 24.2. The smallest absolute Gasteiger partial charge is 0.247 e. The van der Waals surface area contributed by atoms with Crippen molar-refractivity contribution in [2.24, 2.45) is 0 Å². The third-order valence-corrected chi connectivity index (χ3v) is 5.62. The average Bonchev–Trinajstić information content (AvgIpc) is 2.89. The lowest BCUT2D eigenvalue weighted by molar-refractivity contribution is -0.111. The van der Waals surface area contributed by atoms with Gasteiger partial charge in [-0.25, -0.2) is 14.4 Å². The third kappa shape index (κ3) is 4.86. The third-order valence-electron chi connectivity index (χ3n) is 5.62. The van der Waals surface area contributed by atoms with E-state index in [0.717, 1.165) is 12.2 Å². The van der Waals surface area contributed by atoms with Crippen molar-refractivity contribution in [1.29, 1.82) is 0 Å².